The number of sulfone groups is 1. The molecule has 0 unspecified atom stereocenters. The van der Waals surface area contributed by atoms with Gasteiger partial charge in [0.15, 0.2) is 15.0 Å². The fourth-order valence-electron chi connectivity index (χ4n) is 3.59. The number of furan rings is 1. The van der Waals surface area contributed by atoms with Crippen LogP contribution in [-0.4, -0.2) is 25.1 Å². The number of amides is 1. The highest BCUT2D eigenvalue weighted by Gasteiger charge is 2.23. The molecule has 2 aromatic heterocycles. The number of nitrogens with zero attached hydrogens (tertiary/aromatic N) is 2. The second-order valence-corrected chi connectivity index (χ2v) is 10.8. The van der Waals surface area contributed by atoms with Crippen molar-refractivity contribution in [1.82, 2.24) is 4.98 Å². The minimum absolute atomic E-state index is 0.0878. The third kappa shape index (κ3) is 4.92. The van der Waals surface area contributed by atoms with E-state index in [9.17, 15) is 13.2 Å². The molecule has 166 valence electrons. The molecule has 2 aromatic carbocycles. The minimum atomic E-state index is -3.43. The lowest BCUT2D eigenvalue weighted by molar-refractivity contribution is -0.118. The summed E-state index contributed by atoms with van der Waals surface area (Å²) in [4.78, 5) is 19.8. The molecule has 6 nitrogen and oxygen atoms in total. The Balaban J connectivity index is 1.54. The van der Waals surface area contributed by atoms with Gasteiger partial charge in [-0.05, 0) is 61.7 Å². The zero-order chi connectivity index (χ0) is 22.7. The lowest BCUT2D eigenvalue weighted by atomic mass is 10.1. The van der Waals surface area contributed by atoms with Crippen LogP contribution in [-0.2, 0) is 21.2 Å². The zero-order valence-corrected chi connectivity index (χ0v) is 19.6. The Hall–Kier alpha value is -2.97. The monoisotopic (exact) mass is 468 g/mol. The van der Waals surface area contributed by atoms with Crippen molar-refractivity contribution < 1.29 is 17.6 Å². The van der Waals surface area contributed by atoms with E-state index in [1.165, 1.54) is 11.3 Å². The molecule has 0 N–H and O–H groups in total. The highest BCUT2D eigenvalue weighted by molar-refractivity contribution is 7.91. The summed E-state index contributed by atoms with van der Waals surface area (Å²) >= 11 is 1.45. The van der Waals surface area contributed by atoms with Gasteiger partial charge < -0.3 is 4.42 Å². The Kier molecular flexibility index (Phi) is 6.43. The van der Waals surface area contributed by atoms with Crippen LogP contribution in [0.2, 0.25) is 0 Å². The highest BCUT2D eigenvalue weighted by atomic mass is 32.2. The lowest BCUT2D eigenvalue weighted by Gasteiger charge is -2.18. The molecule has 4 rings (SSSR count). The molecule has 0 spiro atoms. The summed E-state index contributed by atoms with van der Waals surface area (Å²) in [6.45, 7) is 4.28. The summed E-state index contributed by atoms with van der Waals surface area (Å²) in [6, 6.07) is 16.0. The van der Waals surface area contributed by atoms with Gasteiger partial charge in [0.05, 0.1) is 33.7 Å². The van der Waals surface area contributed by atoms with Crippen LogP contribution < -0.4 is 4.90 Å². The summed E-state index contributed by atoms with van der Waals surface area (Å²) < 4.78 is 31.6. The Bertz CT molecular complexity index is 1330. The first-order valence-electron chi connectivity index (χ1n) is 10.3. The van der Waals surface area contributed by atoms with E-state index in [-0.39, 0.29) is 35.9 Å². The first kappa shape index (κ1) is 22.2. The maximum atomic E-state index is 13.2. The highest BCUT2D eigenvalue weighted by Crippen LogP contribution is 2.33. The molecule has 0 saturated heterocycles. The predicted molar refractivity (Wildman–Crippen MR) is 127 cm³/mol. The molecule has 0 atom stereocenters. The number of aryl methyl sites for hydroxylation is 2. The van der Waals surface area contributed by atoms with Gasteiger partial charge >= 0.3 is 0 Å². The van der Waals surface area contributed by atoms with Crippen LogP contribution in [0, 0.1) is 13.8 Å². The molecule has 0 fully saturated rings. The first-order valence-corrected chi connectivity index (χ1v) is 12.8. The first-order chi connectivity index (χ1) is 15.3. The van der Waals surface area contributed by atoms with Gasteiger partial charge in [-0.25, -0.2) is 13.4 Å². The number of hydrogen-bond donors (Lipinski definition) is 0. The molecule has 0 radical (unpaired) electrons. The molecular weight excluding hydrogens is 444 g/mol. The summed E-state index contributed by atoms with van der Waals surface area (Å²) in [5.74, 6) is 0.371. The second-order valence-electron chi connectivity index (χ2n) is 7.72. The van der Waals surface area contributed by atoms with Crippen LogP contribution >= 0.6 is 11.3 Å². The van der Waals surface area contributed by atoms with Crippen molar-refractivity contribution in [2.45, 2.75) is 38.1 Å². The second kappa shape index (κ2) is 9.26. The van der Waals surface area contributed by atoms with E-state index in [0.29, 0.717) is 10.9 Å². The van der Waals surface area contributed by atoms with Crippen molar-refractivity contribution in [2.24, 2.45) is 0 Å². The number of fused-ring (bicyclic) bond motifs is 1. The van der Waals surface area contributed by atoms with Crippen molar-refractivity contribution in [3.05, 3.63) is 77.7 Å². The van der Waals surface area contributed by atoms with Crippen molar-refractivity contribution >= 4 is 42.4 Å². The third-order valence-corrected chi connectivity index (χ3v) is 7.99. The van der Waals surface area contributed by atoms with E-state index < -0.39 is 9.84 Å². The van der Waals surface area contributed by atoms with E-state index in [2.05, 4.69) is 12.1 Å². The van der Waals surface area contributed by atoms with E-state index >= 15 is 0 Å². The SMILES string of the molecule is Cc1cc(C)c2nc(N(Cc3ccco3)C(=O)CCCS(=O)(=O)c3ccccc3)sc2c1. The van der Waals surface area contributed by atoms with Crippen molar-refractivity contribution in [2.75, 3.05) is 10.7 Å². The number of carbonyl (C=O) groups is 1. The van der Waals surface area contributed by atoms with Crippen LogP contribution in [0.15, 0.2) is 70.2 Å². The maximum Gasteiger partial charge on any atom is 0.229 e. The molecule has 0 saturated carbocycles. The smallest absolute Gasteiger partial charge is 0.229 e. The third-order valence-electron chi connectivity index (χ3n) is 5.15. The van der Waals surface area contributed by atoms with Crippen molar-refractivity contribution in [1.29, 1.82) is 0 Å². The molecule has 8 heteroatoms. The number of hydrogen-bond acceptors (Lipinski definition) is 6. The summed E-state index contributed by atoms with van der Waals surface area (Å²) in [5, 5.41) is 0.584. The average molecular weight is 469 g/mol. The van der Waals surface area contributed by atoms with E-state index in [1.54, 1.807) is 47.6 Å². The van der Waals surface area contributed by atoms with Gasteiger partial charge in [0.2, 0.25) is 5.91 Å². The maximum absolute atomic E-state index is 13.2. The minimum Gasteiger partial charge on any atom is -0.467 e. The quantitative estimate of drug-likeness (QED) is 0.351. The number of carbonyl (C=O) groups excluding carboxylic acids is 1. The van der Waals surface area contributed by atoms with E-state index in [4.69, 9.17) is 9.40 Å². The molecule has 0 aliphatic rings. The molecular formula is C24H24N2O4S2. The Labute approximate surface area is 191 Å². The largest absolute Gasteiger partial charge is 0.467 e. The fraction of sp³-hybridized carbons (Fsp3) is 0.250. The van der Waals surface area contributed by atoms with Gasteiger partial charge in [-0.3, -0.25) is 9.69 Å². The Morgan fingerprint density at radius 3 is 2.59 bits per heavy atom. The molecule has 2 heterocycles. The summed E-state index contributed by atoms with van der Waals surface area (Å²) in [7, 11) is -3.43. The topological polar surface area (TPSA) is 80.5 Å². The molecule has 0 bridgehead atoms. The van der Waals surface area contributed by atoms with Gasteiger partial charge in [0.25, 0.3) is 0 Å². The summed E-state index contributed by atoms with van der Waals surface area (Å²) in [6.07, 6.45) is 1.89. The Morgan fingerprint density at radius 1 is 1.09 bits per heavy atom. The van der Waals surface area contributed by atoms with Gasteiger partial charge in [-0.15, -0.1) is 0 Å². The van der Waals surface area contributed by atoms with Crippen LogP contribution in [0.5, 0.6) is 0 Å². The van der Waals surface area contributed by atoms with Crippen LogP contribution in [0.4, 0.5) is 5.13 Å². The average Bonchev–Trinajstić information content (AvgIpc) is 3.42. The van der Waals surface area contributed by atoms with Gasteiger partial charge in [0, 0.05) is 6.42 Å². The van der Waals surface area contributed by atoms with Crippen LogP contribution in [0.3, 0.4) is 0 Å². The fourth-order valence-corrected chi connectivity index (χ4v) is 6.08. The van der Waals surface area contributed by atoms with Gasteiger partial charge in [0.1, 0.15) is 5.76 Å². The standard InChI is InChI=1S/C24H24N2O4S2/c1-17-14-18(2)23-21(15-17)31-24(25-23)26(16-19-8-6-12-30-19)22(27)11-7-13-32(28,29)20-9-4-3-5-10-20/h3-6,8-10,12,14-15H,7,11,13,16H2,1-2H3. The number of thiazole rings is 1. The zero-order valence-electron chi connectivity index (χ0n) is 17.9. The molecule has 0 aliphatic heterocycles. The van der Waals surface area contributed by atoms with Crippen LogP contribution in [0.25, 0.3) is 10.2 Å². The molecule has 0 aliphatic carbocycles. The molecule has 4 aromatic rings. The van der Waals surface area contributed by atoms with Crippen LogP contribution in [0.1, 0.15) is 29.7 Å². The number of anilines is 1. The normalized spacial score (nSPS) is 11.7. The Morgan fingerprint density at radius 2 is 1.88 bits per heavy atom. The number of aromatic nitrogens is 1. The summed E-state index contributed by atoms with van der Waals surface area (Å²) in [5.41, 5.74) is 3.07. The molecule has 32 heavy (non-hydrogen) atoms. The van der Waals surface area contributed by atoms with Crippen molar-refractivity contribution in [3.63, 3.8) is 0 Å². The van der Waals surface area contributed by atoms with E-state index in [0.717, 1.165) is 21.3 Å². The number of rotatable bonds is 8. The van der Waals surface area contributed by atoms with E-state index in [1.807, 2.05) is 19.9 Å². The molecule has 1 amide bonds. The lowest BCUT2D eigenvalue weighted by Crippen LogP contribution is -2.30. The van der Waals surface area contributed by atoms with Gasteiger partial charge in [-0.2, -0.15) is 0 Å². The number of benzene rings is 2. The van der Waals surface area contributed by atoms with Gasteiger partial charge in [-0.1, -0.05) is 35.6 Å². The predicted octanol–water partition coefficient (Wildman–Crippen LogP) is 5.29. The van der Waals surface area contributed by atoms with Crippen molar-refractivity contribution in [3.8, 4) is 0 Å².